The van der Waals surface area contributed by atoms with Crippen molar-refractivity contribution in [2.45, 2.75) is 45.1 Å². The summed E-state index contributed by atoms with van der Waals surface area (Å²) < 4.78 is 50.1. The Morgan fingerprint density at radius 3 is 2.10 bits per heavy atom. The van der Waals surface area contributed by atoms with Crippen LogP contribution in [-0.2, 0) is 15.5 Å². The highest BCUT2D eigenvalue weighted by Crippen LogP contribution is 2.37. The summed E-state index contributed by atoms with van der Waals surface area (Å²) in [6, 6.07) is 0.807. The molecule has 1 aromatic heterocycles. The Morgan fingerprint density at radius 1 is 1.15 bits per heavy atom. The molecule has 0 bridgehead atoms. The van der Waals surface area contributed by atoms with Gasteiger partial charge in [0.15, 0.2) is 0 Å². The minimum absolute atomic E-state index is 0.543. The van der Waals surface area contributed by atoms with E-state index in [0.29, 0.717) is 0 Å². The number of hydrogen-bond acceptors (Lipinski definition) is 3. The van der Waals surface area contributed by atoms with Crippen LogP contribution in [0.25, 0.3) is 0 Å². The lowest BCUT2D eigenvalue weighted by Crippen LogP contribution is -2.48. The Morgan fingerprint density at radius 2 is 1.65 bits per heavy atom. The Labute approximate surface area is 114 Å². The minimum Gasteiger partial charge on any atom is -0.399 e. The average Bonchev–Trinajstić information content (AvgIpc) is 2.46. The zero-order valence-corrected chi connectivity index (χ0v) is 11.6. The van der Waals surface area contributed by atoms with Crippen LogP contribution in [0.2, 0.25) is 0 Å². The van der Waals surface area contributed by atoms with Crippen molar-refractivity contribution in [1.29, 1.82) is 0 Å². The lowest BCUT2D eigenvalue weighted by molar-refractivity contribution is -0.137. The number of H-pyrrole nitrogens is 1. The van der Waals surface area contributed by atoms with Crippen molar-refractivity contribution in [2.24, 2.45) is 0 Å². The van der Waals surface area contributed by atoms with Gasteiger partial charge in [0.1, 0.15) is 0 Å². The molecule has 20 heavy (non-hydrogen) atoms. The molecule has 0 aromatic carbocycles. The second-order valence-corrected chi connectivity index (χ2v) is 5.72. The van der Waals surface area contributed by atoms with Gasteiger partial charge in [0.25, 0.3) is 0 Å². The smallest absolute Gasteiger partial charge is 0.399 e. The molecule has 0 spiro atoms. The largest absolute Gasteiger partial charge is 0.501 e. The summed E-state index contributed by atoms with van der Waals surface area (Å²) in [4.78, 5) is 14.0. The van der Waals surface area contributed by atoms with Crippen molar-refractivity contribution in [2.75, 3.05) is 0 Å². The second-order valence-electron chi connectivity index (χ2n) is 5.72. The first-order valence-corrected chi connectivity index (χ1v) is 6.10. The molecule has 1 fully saturated rings. The Balaban J connectivity index is 2.53. The molecule has 0 unspecified atom stereocenters. The third-order valence-corrected chi connectivity index (χ3v) is 3.79. The van der Waals surface area contributed by atoms with Crippen LogP contribution < -0.4 is 11.0 Å². The van der Waals surface area contributed by atoms with Gasteiger partial charge < -0.3 is 14.3 Å². The highest BCUT2D eigenvalue weighted by Gasteiger charge is 2.54. The van der Waals surface area contributed by atoms with E-state index < -0.39 is 41.1 Å². The number of pyridine rings is 1. The van der Waals surface area contributed by atoms with E-state index in [2.05, 4.69) is 4.98 Å². The van der Waals surface area contributed by atoms with Crippen LogP contribution >= 0.6 is 0 Å². The van der Waals surface area contributed by atoms with Gasteiger partial charge in [-0.15, -0.1) is 0 Å². The second kappa shape index (κ2) is 4.36. The summed E-state index contributed by atoms with van der Waals surface area (Å²) in [7, 11) is -1.35. The molecule has 2 rings (SSSR count). The van der Waals surface area contributed by atoms with E-state index in [1.165, 1.54) is 0 Å². The summed E-state index contributed by atoms with van der Waals surface area (Å²) in [5, 5.41) is 0. The third-order valence-electron chi connectivity index (χ3n) is 3.79. The number of aromatic nitrogens is 1. The highest BCUT2D eigenvalue weighted by molar-refractivity contribution is 6.62. The van der Waals surface area contributed by atoms with Gasteiger partial charge >= 0.3 is 13.3 Å². The van der Waals surface area contributed by atoms with Gasteiger partial charge in [-0.2, -0.15) is 13.2 Å². The van der Waals surface area contributed by atoms with Gasteiger partial charge in [-0.3, -0.25) is 4.79 Å². The van der Waals surface area contributed by atoms with Gasteiger partial charge in [-0.05, 0) is 33.8 Å². The van der Waals surface area contributed by atoms with Crippen molar-refractivity contribution < 1.29 is 22.5 Å². The lowest BCUT2D eigenvalue weighted by Gasteiger charge is -2.32. The van der Waals surface area contributed by atoms with E-state index in [-0.39, 0.29) is 0 Å². The number of halogens is 3. The quantitative estimate of drug-likeness (QED) is 0.800. The predicted molar refractivity (Wildman–Crippen MR) is 67.8 cm³/mol. The molecule has 8 heteroatoms. The number of aromatic amines is 1. The molecule has 0 amide bonds. The highest BCUT2D eigenvalue weighted by atomic mass is 19.4. The summed E-state index contributed by atoms with van der Waals surface area (Å²) in [6.07, 6.45) is -3.69. The van der Waals surface area contributed by atoms with Crippen LogP contribution in [0.3, 0.4) is 0 Å². The molecule has 4 nitrogen and oxygen atoms in total. The normalized spacial score (nSPS) is 21.2. The first-order valence-electron chi connectivity index (χ1n) is 6.10. The topological polar surface area (TPSA) is 51.3 Å². The fourth-order valence-electron chi connectivity index (χ4n) is 1.93. The molecule has 1 saturated heterocycles. The van der Waals surface area contributed by atoms with E-state index >= 15 is 0 Å². The number of hydrogen-bond donors (Lipinski definition) is 1. The monoisotopic (exact) mass is 289 g/mol. The van der Waals surface area contributed by atoms with E-state index in [9.17, 15) is 18.0 Å². The molecule has 110 valence electrons. The molecule has 1 aromatic rings. The summed E-state index contributed by atoms with van der Waals surface area (Å²) >= 11 is 0. The number of rotatable bonds is 1. The van der Waals surface area contributed by atoms with Crippen molar-refractivity contribution in [3.8, 4) is 0 Å². The van der Waals surface area contributed by atoms with Gasteiger partial charge in [0.05, 0.1) is 22.2 Å². The van der Waals surface area contributed by atoms with Crippen LogP contribution in [0.4, 0.5) is 13.2 Å². The number of nitrogens with one attached hydrogen (secondary N) is 1. The molecule has 0 atom stereocenters. The van der Waals surface area contributed by atoms with Crippen LogP contribution in [0.5, 0.6) is 0 Å². The van der Waals surface area contributed by atoms with E-state index in [1.807, 2.05) is 0 Å². The zero-order valence-electron chi connectivity index (χ0n) is 11.6. The fourth-order valence-corrected chi connectivity index (χ4v) is 1.93. The first kappa shape index (κ1) is 15.1. The van der Waals surface area contributed by atoms with Crippen molar-refractivity contribution >= 4 is 12.6 Å². The fraction of sp³-hybridized carbons (Fsp3) is 0.583. The van der Waals surface area contributed by atoms with Crippen LogP contribution in [0, 0.1) is 0 Å². The first-order chi connectivity index (χ1) is 8.96. The summed E-state index contributed by atoms with van der Waals surface area (Å²) in [5.41, 5.74) is -4.08. The molecule has 1 aliphatic heterocycles. The van der Waals surface area contributed by atoms with E-state index in [1.54, 1.807) is 27.7 Å². The molecular formula is C12H15BF3NO3. The molecule has 1 N–H and O–H groups in total. The molecule has 0 aliphatic carbocycles. The van der Waals surface area contributed by atoms with Gasteiger partial charge in [-0.25, -0.2) is 0 Å². The maximum absolute atomic E-state index is 13.0. The number of alkyl halides is 3. The van der Waals surface area contributed by atoms with E-state index in [0.717, 1.165) is 12.3 Å². The van der Waals surface area contributed by atoms with Crippen molar-refractivity contribution in [3.05, 3.63) is 28.2 Å². The predicted octanol–water partition coefficient (Wildman–Crippen LogP) is 1.69. The van der Waals surface area contributed by atoms with Crippen molar-refractivity contribution in [1.82, 2.24) is 4.98 Å². The molecule has 0 radical (unpaired) electrons. The SMILES string of the molecule is CC1(C)OB(c2c(C(F)(F)F)cc[nH]c2=O)OC1(C)C. The standard InChI is InChI=1S/C12H15BF3NO3/c1-10(2)11(3,4)20-13(19-10)8-7(12(14,15)16)5-6-17-9(8)18/h5-6H,1-4H3,(H,17,18). The maximum Gasteiger partial charge on any atom is 0.501 e. The lowest BCUT2D eigenvalue weighted by atomic mass is 9.76. The van der Waals surface area contributed by atoms with Gasteiger partial charge in [0, 0.05) is 6.20 Å². The summed E-state index contributed by atoms with van der Waals surface area (Å²) in [6.45, 7) is 6.82. The van der Waals surface area contributed by atoms with Crippen LogP contribution in [0.1, 0.15) is 33.3 Å². The third kappa shape index (κ3) is 2.38. The summed E-state index contributed by atoms with van der Waals surface area (Å²) in [5.74, 6) is 0. The van der Waals surface area contributed by atoms with Crippen molar-refractivity contribution in [3.63, 3.8) is 0 Å². The van der Waals surface area contributed by atoms with Gasteiger partial charge in [-0.1, -0.05) is 0 Å². The maximum atomic E-state index is 13.0. The average molecular weight is 289 g/mol. The molecule has 2 heterocycles. The van der Waals surface area contributed by atoms with Crippen LogP contribution in [-0.4, -0.2) is 23.3 Å². The Hall–Kier alpha value is -1.28. The zero-order chi connectivity index (χ0) is 15.3. The van der Waals surface area contributed by atoms with Crippen LogP contribution in [0.15, 0.2) is 17.1 Å². The molecular weight excluding hydrogens is 274 g/mol. The van der Waals surface area contributed by atoms with E-state index in [4.69, 9.17) is 9.31 Å². The molecule has 1 aliphatic rings. The minimum atomic E-state index is -4.65. The Bertz CT molecular complexity index is 564. The van der Waals surface area contributed by atoms with Gasteiger partial charge in [0.2, 0.25) is 5.56 Å². The molecule has 0 saturated carbocycles. The Kier molecular flexibility index (Phi) is 3.30.